The van der Waals surface area contributed by atoms with Gasteiger partial charge in [0.2, 0.25) is 0 Å². The lowest BCUT2D eigenvalue weighted by atomic mass is 10.1. The first-order chi connectivity index (χ1) is 9.56. The van der Waals surface area contributed by atoms with Crippen molar-refractivity contribution in [2.45, 2.75) is 32.4 Å². The smallest absolute Gasteiger partial charge is 0.123 e. The number of hydrogen-bond acceptors (Lipinski definition) is 3. The quantitative estimate of drug-likeness (QED) is 0.896. The molecule has 0 aliphatic carbocycles. The van der Waals surface area contributed by atoms with E-state index in [1.165, 1.54) is 12.1 Å². The molecule has 1 aromatic carbocycles. The lowest BCUT2D eigenvalue weighted by Crippen LogP contribution is -2.49. The van der Waals surface area contributed by atoms with Crippen LogP contribution in [-0.4, -0.2) is 53.7 Å². The van der Waals surface area contributed by atoms with E-state index in [1.807, 2.05) is 0 Å². The minimum Gasteiger partial charge on any atom is -0.388 e. The fourth-order valence-electron chi connectivity index (χ4n) is 2.66. The van der Waals surface area contributed by atoms with E-state index >= 15 is 0 Å². The molecule has 0 bridgehead atoms. The minimum absolute atomic E-state index is 0.259. The molecule has 4 heteroatoms. The summed E-state index contributed by atoms with van der Waals surface area (Å²) in [6.07, 6.45) is 0.201. The summed E-state index contributed by atoms with van der Waals surface area (Å²) >= 11 is 0. The number of nitrogens with zero attached hydrogens (tertiary/aromatic N) is 2. The van der Waals surface area contributed by atoms with E-state index in [2.05, 4.69) is 23.6 Å². The molecule has 0 aromatic heterocycles. The van der Waals surface area contributed by atoms with Crippen molar-refractivity contribution in [3.05, 3.63) is 35.6 Å². The van der Waals surface area contributed by atoms with Crippen LogP contribution in [0, 0.1) is 5.82 Å². The SMILES string of the molecule is CC(C)N1CCN(CCC(O)c2ccc(F)cc2)CC1. The topological polar surface area (TPSA) is 26.7 Å². The van der Waals surface area contributed by atoms with Crippen molar-refractivity contribution < 1.29 is 9.50 Å². The molecule has 1 aromatic rings. The highest BCUT2D eigenvalue weighted by atomic mass is 19.1. The molecular formula is C16H25FN2O. The van der Waals surface area contributed by atoms with E-state index < -0.39 is 6.10 Å². The fraction of sp³-hybridized carbons (Fsp3) is 0.625. The van der Waals surface area contributed by atoms with Gasteiger partial charge in [-0.2, -0.15) is 0 Å². The Hall–Kier alpha value is -0.970. The number of piperazine rings is 1. The molecule has 1 unspecified atom stereocenters. The molecule has 2 rings (SSSR count). The summed E-state index contributed by atoms with van der Waals surface area (Å²) in [4.78, 5) is 4.87. The zero-order chi connectivity index (χ0) is 14.5. The maximum atomic E-state index is 12.8. The molecule has 0 spiro atoms. The molecule has 0 radical (unpaired) electrons. The number of aliphatic hydroxyl groups excluding tert-OH is 1. The van der Waals surface area contributed by atoms with E-state index in [4.69, 9.17) is 0 Å². The third kappa shape index (κ3) is 4.27. The average Bonchev–Trinajstić information content (AvgIpc) is 2.46. The van der Waals surface area contributed by atoms with Crippen molar-refractivity contribution in [2.75, 3.05) is 32.7 Å². The molecule has 112 valence electrons. The Morgan fingerprint density at radius 1 is 1.10 bits per heavy atom. The Balaban J connectivity index is 1.74. The lowest BCUT2D eigenvalue weighted by Gasteiger charge is -2.37. The Morgan fingerprint density at radius 3 is 2.25 bits per heavy atom. The van der Waals surface area contributed by atoms with Gasteiger partial charge in [-0.15, -0.1) is 0 Å². The highest BCUT2D eigenvalue weighted by molar-refractivity contribution is 5.18. The standard InChI is InChI=1S/C16H25FN2O/c1-13(2)19-11-9-18(10-12-19)8-7-16(20)14-3-5-15(17)6-4-14/h3-6,13,16,20H,7-12H2,1-2H3. The summed E-state index contributed by atoms with van der Waals surface area (Å²) in [5, 5.41) is 10.1. The second-order valence-corrected chi connectivity index (χ2v) is 5.83. The summed E-state index contributed by atoms with van der Waals surface area (Å²) in [6, 6.07) is 6.75. The Morgan fingerprint density at radius 2 is 1.70 bits per heavy atom. The third-order valence-corrected chi connectivity index (χ3v) is 4.11. The first kappa shape index (κ1) is 15.4. The van der Waals surface area contributed by atoms with E-state index in [0.29, 0.717) is 12.5 Å². The molecule has 0 saturated carbocycles. The molecule has 1 N–H and O–H groups in total. The number of benzene rings is 1. The number of hydrogen-bond donors (Lipinski definition) is 1. The number of rotatable bonds is 5. The van der Waals surface area contributed by atoms with Crippen LogP contribution in [0.3, 0.4) is 0 Å². The Labute approximate surface area is 121 Å². The molecule has 3 nitrogen and oxygen atoms in total. The van der Waals surface area contributed by atoms with Crippen LogP contribution in [0.15, 0.2) is 24.3 Å². The number of halogens is 1. The van der Waals surface area contributed by atoms with Crippen LogP contribution in [0.5, 0.6) is 0 Å². The number of aliphatic hydroxyl groups is 1. The molecule has 0 amide bonds. The fourth-order valence-corrected chi connectivity index (χ4v) is 2.66. The maximum absolute atomic E-state index is 12.8. The van der Waals surface area contributed by atoms with Gasteiger partial charge in [0.15, 0.2) is 0 Å². The maximum Gasteiger partial charge on any atom is 0.123 e. The van der Waals surface area contributed by atoms with Crippen LogP contribution in [0.25, 0.3) is 0 Å². The largest absolute Gasteiger partial charge is 0.388 e. The second kappa shape index (κ2) is 7.16. The van der Waals surface area contributed by atoms with Crippen molar-refractivity contribution in [1.82, 2.24) is 9.80 Å². The third-order valence-electron chi connectivity index (χ3n) is 4.11. The zero-order valence-electron chi connectivity index (χ0n) is 12.4. The van der Waals surface area contributed by atoms with E-state index in [9.17, 15) is 9.50 Å². The van der Waals surface area contributed by atoms with Crippen molar-refractivity contribution in [1.29, 1.82) is 0 Å². The molecular weight excluding hydrogens is 255 g/mol. The van der Waals surface area contributed by atoms with Gasteiger partial charge in [-0.05, 0) is 38.0 Å². The lowest BCUT2D eigenvalue weighted by molar-refractivity contribution is 0.0881. The normalized spacial score (nSPS) is 19.4. The predicted octanol–water partition coefficient (Wildman–Crippen LogP) is 2.28. The van der Waals surface area contributed by atoms with Gasteiger partial charge in [-0.3, -0.25) is 4.90 Å². The molecule has 1 saturated heterocycles. The minimum atomic E-state index is -0.501. The Kier molecular flexibility index (Phi) is 5.52. The highest BCUT2D eigenvalue weighted by Gasteiger charge is 2.19. The van der Waals surface area contributed by atoms with Crippen LogP contribution in [0.2, 0.25) is 0 Å². The molecule has 1 aliphatic heterocycles. The average molecular weight is 280 g/mol. The van der Waals surface area contributed by atoms with Crippen LogP contribution in [0.4, 0.5) is 4.39 Å². The summed E-state index contributed by atoms with van der Waals surface area (Å²) < 4.78 is 12.8. The Bertz CT molecular complexity index is 399. The van der Waals surface area contributed by atoms with Crippen LogP contribution >= 0.6 is 0 Å². The molecule has 1 heterocycles. The van der Waals surface area contributed by atoms with E-state index in [0.717, 1.165) is 38.3 Å². The van der Waals surface area contributed by atoms with Crippen molar-refractivity contribution in [3.63, 3.8) is 0 Å². The van der Waals surface area contributed by atoms with Crippen LogP contribution < -0.4 is 0 Å². The van der Waals surface area contributed by atoms with Gasteiger partial charge in [0, 0.05) is 38.8 Å². The van der Waals surface area contributed by atoms with Crippen molar-refractivity contribution >= 4 is 0 Å². The van der Waals surface area contributed by atoms with Gasteiger partial charge in [-0.1, -0.05) is 12.1 Å². The van der Waals surface area contributed by atoms with Gasteiger partial charge >= 0.3 is 0 Å². The van der Waals surface area contributed by atoms with Gasteiger partial charge < -0.3 is 10.0 Å². The molecule has 1 aliphatic rings. The van der Waals surface area contributed by atoms with Crippen LogP contribution in [-0.2, 0) is 0 Å². The molecule has 1 atom stereocenters. The first-order valence-corrected chi connectivity index (χ1v) is 7.46. The van der Waals surface area contributed by atoms with E-state index in [-0.39, 0.29) is 5.82 Å². The van der Waals surface area contributed by atoms with Gasteiger partial charge in [0.25, 0.3) is 0 Å². The van der Waals surface area contributed by atoms with E-state index in [1.54, 1.807) is 12.1 Å². The van der Waals surface area contributed by atoms with Gasteiger partial charge in [-0.25, -0.2) is 4.39 Å². The summed E-state index contributed by atoms with van der Waals surface area (Å²) in [5.74, 6) is -0.259. The highest BCUT2D eigenvalue weighted by Crippen LogP contribution is 2.18. The van der Waals surface area contributed by atoms with Crippen molar-refractivity contribution in [2.24, 2.45) is 0 Å². The predicted molar refractivity (Wildman–Crippen MR) is 79.1 cm³/mol. The van der Waals surface area contributed by atoms with Gasteiger partial charge in [0.1, 0.15) is 5.82 Å². The molecule has 20 heavy (non-hydrogen) atoms. The first-order valence-electron chi connectivity index (χ1n) is 7.46. The second-order valence-electron chi connectivity index (χ2n) is 5.83. The monoisotopic (exact) mass is 280 g/mol. The zero-order valence-corrected chi connectivity index (χ0v) is 12.4. The summed E-state index contributed by atoms with van der Waals surface area (Å²) in [6.45, 7) is 9.68. The summed E-state index contributed by atoms with van der Waals surface area (Å²) in [5.41, 5.74) is 0.798. The van der Waals surface area contributed by atoms with Crippen LogP contribution in [0.1, 0.15) is 31.9 Å². The molecule has 1 fully saturated rings. The van der Waals surface area contributed by atoms with Gasteiger partial charge in [0.05, 0.1) is 6.10 Å². The summed E-state index contributed by atoms with van der Waals surface area (Å²) in [7, 11) is 0. The van der Waals surface area contributed by atoms with Crippen molar-refractivity contribution in [3.8, 4) is 0 Å².